The standard InChI is InChI=1S/C12H27P.2ClH.Pd/c1-10(2,3)13(11(4,5)6)12(7,8)9;;;/h1-9H3;2*1H;/q;;;+2/p-2. The summed E-state index contributed by atoms with van der Waals surface area (Å²) in [7, 11) is 9.64. The average Bonchev–Trinajstić information content (AvgIpc) is 1.74. The maximum absolute atomic E-state index is 4.81. The second kappa shape index (κ2) is 7.31. The molecule has 0 aromatic heterocycles. The topological polar surface area (TPSA) is 0 Å². The molecule has 0 aliphatic carbocycles. The van der Waals surface area contributed by atoms with Gasteiger partial charge in [-0.05, 0) is 15.5 Å². The average molecular weight is 380 g/mol. The van der Waals surface area contributed by atoms with Crippen molar-refractivity contribution in [3.05, 3.63) is 0 Å². The number of hydrogen-bond donors (Lipinski definition) is 0. The third-order valence-corrected chi connectivity index (χ3v) is 6.04. The molecule has 16 heavy (non-hydrogen) atoms. The first-order valence-corrected chi connectivity index (χ1v) is 10.8. The van der Waals surface area contributed by atoms with Gasteiger partial charge >= 0.3 is 35.0 Å². The molecule has 0 bridgehead atoms. The molecule has 0 N–H and O–H groups in total. The molecule has 0 fully saturated rings. The Bertz CT molecular complexity index is 153. The molecule has 104 valence electrons. The van der Waals surface area contributed by atoms with Crippen LogP contribution in [0.15, 0.2) is 0 Å². The molecule has 0 aliphatic rings. The summed E-state index contributed by atoms with van der Waals surface area (Å²) in [5, 5.41) is 1.35. The number of halogens is 2. The minimum absolute atomic E-state index is 0.0162. The van der Waals surface area contributed by atoms with Crippen LogP contribution in [0, 0.1) is 0 Å². The second-order valence-electron chi connectivity index (χ2n) is 6.89. The van der Waals surface area contributed by atoms with E-state index in [1.165, 1.54) is 0 Å². The van der Waals surface area contributed by atoms with Crippen LogP contribution in [0.4, 0.5) is 0 Å². The van der Waals surface area contributed by atoms with Gasteiger partial charge in [0.25, 0.3) is 0 Å². The Morgan fingerprint density at radius 3 is 0.750 bits per heavy atom. The van der Waals surface area contributed by atoms with Crippen molar-refractivity contribution in [3.63, 3.8) is 0 Å². The summed E-state index contributed by atoms with van der Waals surface area (Å²) in [6, 6.07) is 0. The van der Waals surface area contributed by atoms with Crippen molar-refractivity contribution >= 4 is 27.0 Å². The minimum atomic E-state index is -0.106. The third kappa shape index (κ3) is 8.72. The van der Waals surface area contributed by atoms with Crippen molar-refractivity contribution in [2.24, 2.45) is 0 Å². The molecule has 0 atom stereocenters. The van der Waals surface area contributed by atoms with Crippen molar-refractivity contribution in [3.8, 4) is 0 Å². The van der Waals surface area contributed by atoms with Gasteiger partial charge in [0, 0.05) is 0 Å². The van der Waals surface area contributed by atoms with Crippen LogP contribution in [0.3, 0.4) is 0 Å². The fourth-order valence-corrected chi connectivity index (χ4v) is 9.06. The van der Waals surface area contributed by atoms with Crippen LogP contribution >= 0.6 is 27.0 Å². The van der Waals surface area contributed by atoms with Gasteiger partial charge < -0.3 is 0 Å². The molecule has 0 nitrogen and oxygen atoms in total. The summed E-state index contributed by atoms with van der Waals surface area (Å²) in [4.78, 5) is 0. The van der Waals surface area contributed by atoms with E-state index in [0.717, 1.165) is 0 Å². The Hall–Kier alpha value is 1.67. The SMILES string of the molecule is CC(C)(C)P(C(C)(C)C)C(C)(C)C.[Cl][Pd][Cl]. The van der Waals surface area contributed by atoms with Crippen molar-refractivity contribution in [2.75, 3.05) is 0 Å². The summed E-state index contributed by atoms with van der Waals surface area (Å²) < 4.78 is 0. The van der Waals surface area contributed by atoms with Crippen LogP contribution in [0.1, 0.15) is 62.3 Å². The zero-order valence-corrected chi connectivity index (χ0v) is 16.0. The Morgan fingerprint density at radius 2 is 0.750 bits per heavy atom. The first-order chi connectivity index (χ1) is 6.78. The van der Waals surface area contributed by atoms with Crippen LogP contribution in [0.2, 0.25) is 0 Å². The monoisotopic (exact) mass is 378 g/mol. The Morgan fingerprint density at radius 1 is 0.625 bits per heavy atom. The molecule has 0 unspecified atom stereocenters. The summed E-state index contributed by atoms with van der Waals surface area (Å²) in [6.07, 6.45) is 0. The van der Waals surface area contributed by atoms with Gasteiger partial charge in [0.05, 0.1) is 0 Å². The van der Waals surface area contributed by atoms with Crippen molar-refractivity contribution in [2.45, 2.75) is 77.8 Å². The maximum atomic E-state index is 4.81. The summed E-state index contributed by atoms with van der Waals surface area (Å²) in [5.74, 6) is 0. The van der Waals surface area contributed by atoms with E-state index in [-0.39, 0.29) is 23.9 Å². The van der Waals surface area contributed by atoms with Gasteiger partial charge in [-0.1, -0.05) is 70.2 Å². The molecule has 0 aromatic carbocycles. The van der Waals surface area contributed by atoms with Crippen LogP contribution < -0.4 is 0 Å². The molecular formula is C12H27Cl2PPd. The molecule has 0 spiro atoms. The fourth-order valence-electron chi connectivity index (χ4n) is 3.02. The Balaban J connectivity index is 0. The van der Waals surface area contributed by atoms with Gasteiger partial charge in [0.2, 0.25) is 0 Å². The van der Waals surface area contributed by atoms with Gasteiger partial charge in [-0.15, -0.1) is 0 Å². The molecule has 0 saturated carbocycles. The van der Waals surface area contributed by atoms with E-state index in [4.69, 9.17) is 19.1 Å². The van der Waals surface area contributed by atoms with E-state index >= 15 is 0 Å². The molecular weight excluding hydrogens is 352 g/mol. The number of rotatable bonds is 0. The molecule has 4 heteroatoms. The van der Waals surface area contributed by atoms with Crippen molar-refractivity contribution in [1.82, 2.24) is 0 Å². The van der Waals surface area contributed by atoms with Crippen molar-refractivity contribution < 1.29 is 15.9 Å². The molecule has 0 aromatic rings. The van der Waals surface area contributed by atoms with Gasteiger partial charge in [-0.2, -0.15) is 0 Å². The van der Waals surface area contributed by atoms with Crippen LogP contribution in [-0.4, -0.2) is 15.5 Å². The predicted octanol–water partition coefficient (Wildman–Crippen LogP) is 6.24. The number of hydrogen-bond acceptors (Lipinski definition) is 0. The van der Waals surface area contributed by atoms with Gasteiger partial charge in [-0.3, -0.25) is 0 Å². The summed E-state index contributed by atoms with van der Waals surface area (Å²) >= 11 is -0.106. The first-order valence-electron chi connectivity index (χ1n) is 5.41. The van der Waals surface area contributed by atoms with E-state index in [9.17, 15) is 0 Å². The van der Waals surface area contributed by atoms with Crippen LogP contribution in [0.25, 0.3) is 0 Å². The molecule has 0 saturated heterocycles. The molecule has 0 amide bonds. The molecule has 0 aliphatic heterocycles. The fraction of sp³-hybridized carbons (Fsp3) is 1.00. The quantitative estimate of drug-likeness (QED) is 0.345. The first kappa shape index (κ1) is 20.0. The second-order valence-corrected chi connectivity index (χ2v) is 13.9. The summed E-state index contributed by atoms with van der Waals surface area (Å²) in [6.45, 7) is 21.5. The third-order valence-electron chi connectivity index (χ3n) is 2.01. The summed E-state index contributed by atoms with van der Waals surface area (Å²) in [5.41, 5.74) is 0. The Kier molecular flexibility index (Phi) is 9.13. The normalized spacial score (nSPS) is 13.8. The van der Waals surface area contributed by atoms with Crippen LogP contribution in [0.5, 0.6) is 0 Å². The van der Waals surface area contributed by atoms with Crippen molar-refractivity contribution in [1.29, 1.82) is 0 Å². The van der Waals surface area contributed by atoms with Gasteiger partial charge in [0.1, 0.15) is 0 Å². The zero-order chi connectivity index (χ0) is 13.8. The molecule has 0 rings (SSSR count). The predicted molar refractivity (Wildman–Crippen MR) is 77.9 cm³/mol. The van der Waals surface area contributed by atoms with E-state index in [1.54, 1.807) is 0 Å². The van der Waals surface area contributed by atoms with Gasteiger partial charge in [0.15, 0.2) is 0 Å². The molecule has 0 radical (unpaired) electrons. The van der Waals surface area contributed by atoms with E-state index < -0.39 is 0 Å². The van der Waals surface area contributed by atoms with E-state index in [0.29, 0.717) is 15.5 Å². The van der Waals surface area contributed by atoms with E-state index in [2.05, 4.69) is 62.3 Å². The zero-order valence-electron chi connectivity index (χ0n) is 12.0. The van der Waals surface area contributed by atoms with E-state index in [1.807, 2.05) is 0 Å². The molecule has 0 heterocycles. The van der Waals surface area contributed by atoms with Crippen LogP contribution in [-0.2, 0) is 15.9 Å². The van der Waals surface area contributed by atoms with Gasteiger partial charge in [-0.25, -0.2) is 0 Å². The Labute approximate surface area is 120 Å².